The van der Waals surface area contributed by atoms with E-state index in [1.165, 1.54) is 16.3 Å². The van der Waals surface area contributed by atoms with Gasteiger partial charge in [0.25, 0.3) is 0 Å². The highest BCUT2D eigenvalue weighted by Crippen LogP contribution is 2.23. The van der Waals surface area contributed by atoms with Gasteiger partial charge in [0, 0.05) is 12.6 Å². The van der Waals surface area contributed by atoms with Crippen LogP contribution < -0.4 is 5.32 Å². The van der Waals surface area contributed by atoms with Gasteiger partial charge >= 0.3 is 0 Å². The van der Waals surface area contributed by atoms with Crippen molar-refractivity contribution in [2.45, 2.75) is 6.92 Å². The normalized spacial score (nSPS) is 10.6. The lowest BCUT2D eigenvalue weighted by atomic mass is 10.0. The maximum absolute atomic E-state index is 4.23. The predicted molar refractivity (Wildman–Crippen MR) is 79.3 cm³/mol. The van der Waals surface area contributed by atoms with Gasteiger partial charge in [-0.3, -0.25) is 0 Å². The molecule has 0 unspecified atom stereocenters. The van der Waals surface area contributed by atoms with Gasteiger partial charge in [-0.05, 0) is 35.9 Å². The largest absolute Gasteiger partial charge is 0.372 e. The molecular formula is C16H15N3. The molecule has 0 aliphatic heterocycles. The molecule has 0 atom stereocenters. The number of nitrogens with zero attached hydrogens (tertiary/aromatic N) is 2. The summed E-state index contributed by atoms with van der Waals surface area (Å²) in [5.74, 6) is 0.778. The van der Waals surface area contributed by atoms with Gasteiger partial charge in [0.2, 0.25) is 0 Å². The summed E-state index contributed by atoms with van der Waals surface area (Å²) < 4.78 is 0. The lowest BCUT2D eigenvalue weighted by Gasteiger charge is -2.04. The Morgan fingerprint density at radius 1 is 0.842 bits per heavy atom. The minimum absolute atomic E-state index is 0.778. The van der Waals surface area contributed by atoms with Crippen molar-refractivity contribution in [3.8, 4) is 11.3 Å². The average Bonchev–Trinajstić information content (AvgIpc) is 2.47. The minimum Gasteiger partial charge on any atom is -0.372 e. The Balaban J connectivity index is 2.06. The molecule has 0 aliphatic carbocycles. The highest BCUT2D eigenvalue weighted by molar-refractivity contribution is 5.87. The molecule has 0 aliphatic rings. The number of fused-ring (bicyclic) bond motifs is 1. The van der Waals surface area contributed by atoms with Gasteiger partial charge in [0.15, 0.2) is 0 Å². The second-order valence-corrected chi connectivity index (χ2v) is 4.62. The van der Waals surface area contributed by atoms with E-state index in [2.05, 4.69) is 58.8 Å². The Bertz CT molecular complexity index is 718. The van der Waals surface area contributed by atoms with Crippen molar-refractivity contribution in [3.05, 3.63) is 54.1 Å². The van der Waals surface area contributed by atoms with Crippen molar-refractivity contribution in [1.82, 2.24) is 10.2 Å². The van der Waals surface area contributed by atoms with Crippen molar-refractivity contribution >= 4 is 16.6 Å². The lowest BCUT2D eigenvalue weighted by molar-refractivity contribution is 1.04. The number of nitrogens with one attached hydrogen (secondary N) is 1. The molecule has 94 valence electrons. The van der Waals surface area contributed by atoms with Crippen LogP contribution in [0.2, 0.25) is 0 Å². The molecule has 3 nitrogen and oxygen atoms in total. The van der Waals surface area contributed by atoms with E-state index in [1.807, 2.05) is 19.2 Å². The summed E-state index contributed by atoms with van der Waals surface area (Å²) >= 11 is 0. The number of benzene rings is 2. The molecule has 3 rings (SSSR count). The van der Waals surface area contributed by atoms with E-state index in [0.29, 0.717) is 0 Å². The van der Waals surface area contributed by atoms with Crippen molar-refractivity contribution < 1.29 is 0 Å². The fraction of sp³-hybridized carbons (Fsp3) is 0.125. The molecule has 0 amide bonds. The molecule has 0 spiro atoms. The highest BCUT2D eigenvalue weighted by Gasteiger charge is 2.02. The van der Waals surface area contributed by atoms with E-state index in [-0.39, 0.29) is 0 Å². The van der Waals surface area contributed by atoms with E-state index in [9.17, 15) is 0 Å². The monoisotopic (exact) mass is 249 g/mol. The number of anilines is 1. The summed E-state index contributed by atoms with van der Waals surface area (Å²) in [6.07, 6.45) is 0. The van der Waals surface area contributed by atoms with Crippen LogP contribution in [-0.4, -0.2) is 17.2 Å². The van der Waals surface area contributed by atoms with Crippen molar-refractivity contribution in [2.75, 3.05) is 12.4 Å². The number of rotatable bonds is 2. The molecule has 1 N–H and O–H groups in total. The van der Waals surface area contributed by atoms with E-state index in [4.69, 9.17) is 0 Å². The molecule has 19 heavy (non-hydrogen) atoms. The smallest absolute Gasteiger partial charge is 0.148 e. The molecule has 0 saturated heterocycles. The Hall–Kier alpha value is -2.42. The summed E-state index contributed by atoms with van der Waals surface area (Å²) in [5.41, 5.74) is 3.26. The second-order valence-electron chi connectivity index (χ2n) is 4.62. The third kappa shape index (κ3) is 2.27. The Morgan fingerprint density at radius 2 is 1.63 bits per heavy atom. The average molecular weight is 249 g/mol. The van der Waals surface area contributed by atoms with Gasteiger partial charge in [-0.15, -0.1) is 10.2 Å². The molecule has 3 aromatic rings. The molecule has 0 saturated carbocycles. The maximum atomic E-state index is 4.23. The standard InChI is InChI=1S/C16H15N3/c1-11-3-4-13-10-14(6-5-12(13)9-11)15-7-8-16(17-2)19-18-15/h3-10H,1-2H3,(H,17,19). The van der Waals surface area contributed by atoms with E-state index in [0.717, 1.165) is 17.1 Å². The van der Waals surface area contributed by atoms with Gasteiger partial charge < -0.3 is 5.32 Å². The number of hydrogen-bond acceptors (Lipinski definition) is 3. The van der Waals surface area contributed by atoms with Crippen LogP contribution in [0.15, 0.2) is 48.5 Å². The van der Waals surface area contributed by atoms with Gasteiger partial charge in [0.05, 0.1) is 5.69 Å². The van der Waals surface area contributed by atoms with Crippen LogP contribution in [0.25, 0.3) is 22.0 Å². The molecule has 1 heterocycles. The third-order valence-corrected chi connectivity index (χ3v) is 3.21. The number of aryl methyl sites for hydroxylation is 1. The summed E-state index contributed by atoms with van der Waals surface area (Å²) in [5, 5.41) is 13.8. The zero-order valence-corrected chi connectivity index (χ0v) is 11.0. The zero-order valence-electron chi connectivity index (χ0n) is 11.0. The fourth-order valence-corrected chi connectivity index (χ4v) is 2.14. The first-order chi connectivity index (χ1) is 9.26. The summed E-state index contributed by atoms with van der Waals surface area (Å²) in [4.78, 5) is 0. The topological polar surface area (TPSA) is 37.8 Å². The SMILES string of the molecule is CNc1ccc(-c2ccc3cc(C)ccc3c2)nn1. The summed E-state index contributed by atoms with van der Waals surface area (Å²) in [6, 6.07) is 16.7. The van der Waals surface area contributed by atoms with Crippen LogP contribution in [0.4, 0.5) is 5.82 Å². The van der Waals surface area contributed by atoms with Crippen molar-refractivity contribution in [2.24, 2.45) is 0 Å². The fourth-order valence-electron chi connectivity index (χ4n) is 2.14. The molecule has 1 aromatic heterocycles. The van der Waals surface area contributed by atoms with Crippen molar-refractivity contribution in [1.29, 1.82) is 0 Å². The molecule has 2 aromatic carbocycles. The number of hydrogen-bond donors (Lipinski definition) is 1. The van der Waals surface area contributed by atoms with Gasteiger partial charge in [-0.1, -0.05) is 35.9 Å². The minimum atomic E-state index is 0.778. The Labute approximate surface area is 112 Å². The van der Waals surface area contributed by atoms with Gasteiger partial charge in [0.1, 0.15) is 5.82 Å². The molecule has 0 radical (unpaired) electrons. The van der Waals surface area contributed by atoms with Gasteiger partial charge in [-0.2, -0.15) is 0 Å². The first kappa shape index (κ1) is 11.7. The highest BCUT2D eigenvalue weighted by atomic mass is 15.2. The number of aromatic nitrogens is 2. The predicted octanol–water partition coefficient (Wildman–Crippen LogP) is 3.65. The Kier molecular flexibility index (Phi) is 2.88. The van der Waals surface area contributed by atoms with Crippen LogP contribution >= 0.6 is 0 Å². The van der Waals surface area contributed by atoms with E-state index in [1.54, 1.807) is 0 Å². The quantitative estimate of drug-likeness (QED) is 0.753. The Morgan fingerprint density at radius 3 is 2.37 bits per heavy atom. The summed E-state index contributed by atoms with van der Waals surface area (Å²) in [6.45, 7) is 2.11. The first-order valence-corrected chi connectivity index (χ1v) is 6.28. The maximum Gasteiger partial charge on any atom is 0.148 e. The van der Waals surface area contributed by atoms with E-state index < -0.39 is 0 Å². The van der Waals surface area contributed by atoms with Gasteiger partial charge in [-0.25, -0.2) is 0 Å². The summed E-state index contributed by atoms with van der Waals surface area (Å²) in [7, 11) is 1.84. The molecule has 3 heteroatoms. The van der Waals surface area contributed by atoms with Crippen LogP contribution in [0, 0.1) is 6.92 Å². The van der Waals surface area contributed by atoms with Crippen LogP contribution in [-0.2, 0) is 0 Å². The third-order valence-electron chi connectivity index (χ3n) is 3.21. The van der Waals surface area contributed by atoms with Crippen LogP contribution in [0.3, 0.4) is 0 Å². The molecular weight excluding hydrogens is 234 g/mol. The van der Waals surface area contributed by atoms with Crippen molar-refractivity contribution in [3.63, 3.8) is 0 Å². The molecule has 0 fully saturated rings. The second kappa shape index (κ2) is 4.69. The van der Waals surface area contributed by atoms with Crippen LogP contribution in [0.5, 0.6) is 0 Å². The van der Waals surface area contributed by atoms with Crippen LogP contribution in [0.1, 0.15) is 5.56 Å². The lowest BCUT2D eigenvalue weighted by Crippen LogP contribution is -1.95. The zero-order chi connectivity index (χ0) is 13.2. The first-order valence-electron chi connectivity index (χ1n) is 6.28. The molecule has 0 bridgehead atoms. The van der Waals surface area contributed by atoms with E-state index >= 15 is 0 Å².